The van der Waals surface area contributed by atoms with Gasteiger partial charge in [-0.1, -0.05) is 0 Å². The van der Waals surface area contributed by atoms with Gasteiger partial charge in [0.2, 0.25) is 11.8 Å². The van der Waals surface area contributed by atoms with Crippen LogP contribution < -0.4 is 11.1 Å². The van der Waals surface area contributed by atoms with Crippen LogP contribution in [-0.4, -0.2) is 72.9 Å². The maximum Gasteiger partial charge on any atom is 0.320 e. The number of hydrogen-bond donors (Lipinski definition) is 8. The fraction of sp³-hybridized carbons (Fsp3) is 0.667. The zero-order valence-electron chi connectivity index (χ0n) is 11.9. The van der Waals surface area contributed by atoms with Crippen molar-refractivity contribution in [2.75, 3.05) is 18.5 Å². The minimum atomic E-state index is -1.31. The number of H-pyrrole nitrogens is 1. The van der Waals surface area contributed by atoms with Crippen LogP contribution in [0.25, 0.3) is 0 Å². The Morgan fingerprint density at radius 3 is 2.64 bits per heavy atom. The molecule has 0 saturated heterocycles. The van der Waals surface area contributed by atoms with Gasteiger partial charge in [-0.05, 0) is 12.8 Å². The molecule has 1 heterocycles. The van der Waals surface area contributed by atoms with Crippen molar-refractivity contribution >= 4 is 11.9 Å². The maximum atomic E-state index is 10.5. The monoisotopic (exact) mass is 318 g/mol. The summed E-state index contributed by atoms with van der Waals surface area (Å²) >= 11 is 0. The third kappa shape index (κ3) is 5.48. The van der Waals surface area contributed by atoms with Crippen molar-refractivity contribution in [2.24, 2.45) is 5.73 Å². The smallest absolute Gasteiger partial charge is 0.320 e. The van der Waals surface area contributed by atoms with Crippen LogP contribution in [-0.2, 0) is 11.2 Å². The predicted molar refractivity (Wildman–Crippen MR) is 76.4 cm³/mol. The van der Waals surface area contributed by atoms with Gasteiger partial charge in [-0.15, -0.1) is 0 Å². The largest absolute Gasteiger partial charge is 0.492 e. The lowest BCUT2D eigenvalue weighted by molar-refractivity contribution is -0.138. The van der Waals surface area contributed by atoms with Gasteiger partial charge in [0.25, 0.3) is 0 Å². The molecule has 0 aliphatic heterocycles. The Labute approximate surface area is 126 Å². The number of aliphatic carboxylic acids is 1. The lowest BCUT2D eigenvalue weighted by Gasteiger charge is -2.14. The summed E-state index contributed by atoms with van der Waals surface area (Å²) in [5.41, 5.74) is 5.57. The lowest BCUT2D eigenvalue weighted by atomic mass is 10.1. The minimum Gasteiger partial charge on any atom is -0.492 e. The van der Waals surface area contributed by atoms with Crippen LogP contribution in [0, 0.1) is 0 Å². The molecule has 3 atom stereocenters. The van der Waals surface area contributed by atoms with Gasteiger partial charge in [0.1, 0.15) is 12.1 Å². The number of anilines is 1. The summed E-state index contributed by atoms with van der Waals surface area (Å²) < 4.78 is 0. The lowest BCUT2D eigenvalue weighted by Crippen LogP contribution is -2.31. The maximum absolute atomic E-state index is 10.5. The normalized spacial score (nSPS) is 15.3. The summed E-state index contributed by atoms with van der Waals surface area (Å²) in [6.07, 6.45) is -1.86. The number of rotatable bonds is 10. The molecule has 1 aromatic heterocycles. The molecule has 10 heteroatoms. The first-order valence-corrected chi connectivity index (χ1v) is 6.82. The number of carbonyl (C=O) groups is 1. The van der Waals surface area contributed by atoms with Gasteiger partial charge in [0, 0.05) is 13.0 Å². The average molecular weight is 318 g/mol. The van der Waals surface area contributed by atoms with E-state index in [0.717, 1.165) is 0 Å². The quantitative estimate of drug-likeness (QED) is 0.225. The molecule has 0 saturated carbocycles. The minimum absolute atomic E-state index is 0.105. The summed E-state index contributed by atoms with van der Waals surface area (Å²) in [6, 6.07) is -0.919. The zero-order valence-corrected chi connectivity index (χ0v) is 11.9. The van der Waals surface area contributed by atoms with E-state index in [0.29, 0.717) is 19.4 Å². The van der Waals surface area contributed by atoms with E-state index < -0.39 is 30.8 Å². The number of nitrogens with one attached hydrogen (secondary N) is 2. The number of aliphatic hydroxyl groups excluding tert-OH is 3. The van der Waals surface area contributed by atoms with Gasteiger partial charge in [0.15, 0.2) is 0 Å². The second-order valence-corrected chi connectivity index (χ2v) is 4.92. The highest BCUT2D eigenvalue weighted by Crippen LogP contribution is 2.18. The number of hydrogen-bond acceptors (Lipinski definition) is 8. The van der Waals surface area contributed by atoms with Crippen molar-refractivity contribution < 1.29 is 30.3 Å². The highest BCUT2D eigenvalue weighted by atomic mass is 16.4. The fourth-order valence-corrected chi connectivity index (χ4v) is 1.75. The molecule has 0 fully saturated rings. The van der Waals surface area contributed by atoms with Crippen LogP contribution in [0.1, 0.15) is 18.5 Å². The number of aromatic hydroxyl groups is 1. The number of aliphatic hydroxyl groups is 3. The molecule has 0 spiro atoms. The van der Waals surface area contributed by atoms with Gasteiger partial charge < -0.3 is 41.6 Å². The Morgan fingerprint density at radius 2 is 2.05 bits per heavy atom. The molecule has 0 bridgehead atoms. The molecule has 126 valence electrons. The number of aromatic nitrogens is 2. The van der Waals surface area contributed by atoms with E-state index in [2.05, 4.69) is 15.3 Å². The van der Waals surface area contributed by atoms with Gasteiger partial charge in [-0.25, -0.2) is 0 Å². The molecule has 0 radical (unpaired) electrons. The van der Waals surface area contributed by atoms with Crippen molar-refractivity contribution in [2.45, 2.75) is 37.5 Å². The number of carboxylic acids is 1. The second kappa shape index (κ2) is 8.54. The molecule has 9 N–H and O–H groups in total. The number of aromatic amines is 1. The van der Waals surface area contributed by atoms with Crippen molar-refractivity contribution in [1.82, 2.24) is 9.97 Å². The van der Waals surface area contributed by atoms with Crippen LogP contribution in [0.3, 0.4) is 0 Å². The van der Waals surface area contributed by atoms with Crippen LogP contribution in [0.4, 0.5) is 5.95 Å². The molecular formula is C12H22N4O6. The summed E-state index contributed by atoms with van der Waals surface area (Å²) in [5, 5.41) is 48.7. The van der Waals surface area contributed by atoms with E-state index in [4.69, 9.17) is 15.9 Å². The Kier molecular flexibility index (Phi) is 7.05. The third-order valence-electron chi connectivity index (χ3n) is 3.10. The van der Waals surface area contributed by atoms with Crippen LogP contribution in [0.15, 0.2) is 0 Å². The zero-order chi connectivity index (χ0) is 16.7. The predicted octanol–water partition coefficient (Wildman–Crippen LogP) is -2.02. The number of nitrogens with two attached hydrogens (primary N) is 1. The van der Waals surface area contributed by atoms with Crippen LogP contribution in [0.5, 0.6) is 5.88 Å². The Balaban J connectivity index is 2.43. The Morgan fingerprint density at radius 1 is 1.36 bits per heavy atom. The van der Waals surface area contributed by atoms with E-state index in [1.54, 1.807) is 0 Å². The van der Waals surface area contributed by atoms with Crippen molar-refractivity contribution in [3.05, 3.63) is 5.69 Å². The molecule has 0 aromatic carbocycles. The molecule has 0 aliphatic rings. The highest BCUT2D eigenvalue weighted by Gasteiger charge is 2.19. The fourth-order valence-electron chi connectivity index (χ4n) is 1.75. The van der Waals surface area contributed by atoms with Crippen molar-refractivity contribution in [1.29, 1.82) is 0 Å². The van der Waals surface area contributed by atoms with E-state index in [-0.39, 0.29) is 23.9 Å². The summed E-state index contributed by atoms with van der Waals surface area (Å²) in [7, 11) is 0. The summed E-state index contributed by atoms with van der Waals surface area (Å²) in [4.78, 5) is 17.1. The molecule has 10 nitrogen and oxygen atoms in total. The summed E-state index contributed by atoms with van der Waals surface area (Å²) in [5.74, 6) is -1.13. The molecule has 22 heavy (non-hydrogen) atoms. The molecule has 1 aromatic rings. The van der Waals surface area contributed by atoms with Crippen LogP contribution >= 0.6 is 0 Å². The van der Waals surface area contributed by atoms with Gasteiger partial charge in [-0.2, -0.15) is 4.98 Å². The van der Waals surface area contributed by atoms with Gasteiger partial charge in [-0.3, -0.25) is 4.79 Å². The van der Waals surface area contributed by atoms with E-state index >= 15 is 0 Å². The molecule has 0 aliphatic carbocycles. The van der Waals surface area contributed by atoms with Crippen molar-refractivity contribution in [3.63, 3.8) is 0 Å². The molecule has 3 unspecified atom stereocenters. The van der Waals surface area contributed by atoms with Crippen LogP contribution in [0.2, 0.25) is 0 Å². The number of nitrogens with zero attached hydrogens (tertiary/aromatic N) is 1. The highest BCUT2D eigenvalue weighted by molar-refractivity contribution is 5.72. The molecule has 0 amide bonds. The Bertz CT molecular complexity index is 480. The first-order chi connectivity index (χ1) is 10.3. The first-order valence-electron chi connectivity index (χ1n) is 6.82. The Hall–Kier alpha value is -1.88. The SMILES string of the molecule is NC(CCCNc1nc(O)c(CC(O)C(O)CO)[nH]1)C(=O)O. The van der Waals surface area contributed by atoms with E-state index in [1.165, 1.54) is 0 Å². The van der Waals surface area contributed by atoms with Gasteiger partial charge in [0.05, 0.1) is 18.4 Å². The number of carboxylic acid groups (broad SMARTS) is 1. The van der Waals surface area contributed by atoms with Gasteiger partial charge >= 0.3 is 5.97 Å². The average Bonchev–Trinajstić information content (AvgIpc) is 2.82. The van der Waals surface area contributed by atoms with Crippen molar-refractivity contribution in [3.8, 4) is 5.88 Å². The second-order valence-electron chi connectivity index (χ2n) is 4.92. The van der Waals surface area contributed by atoms with E-state index in [1.807, 2.05) is 0 Å². The van der Waals surface area contributed by atoms with E-state index in [9.17, 15) is 20.1 Å². The summed E-state index contributed by atoms with van der Waals surface area (Å²) in [6.45, 7) is -0.194. The molecule has 1 rings (SSSR count). The topological polar surface area (TPSA) is 185 Å². The number of imidazole rings is 1. The standard InChI is InChI=1S/C12H22N4O6/c13-6(11(21)22)2-1-3-14-12-15-7(10(20)16-12)4-8(18)9(19)5-17/h6,8-9,17-20H,1-5,13H2,(H,21,22)(H2,14,15,16). The third-order valence-corrected chi connectivity index (χ3v) is 3.10. The first kappa shape index (κ1) is 18.2. The molecular weight excluding hydrogens is 296 g/mol.